The van der Waals surface area contributed by atoms with Crippen LogP contribution in [0, 0.1) is 0 Å². The van der Waals surface area contributed by atoms with E-state index in [2.05, 4.69) is 10.6 Å². The summed E-state index contributed by atoms with van der Waals surface area (Å²) in [5.41, 5.74) is 0. The molecule has 2 rings (SSSR count). The van der Waals surface area contributed by atoms with Crippen molar-refractivity contribution in [2.45, 2.75) is 12.5 Å². The Morgan fingerprint density at radius 1 is 1.55 bits per heavy atom. The fourth-order valence-corrected chi connectivity index (χ4v) is 3.09. The number of carbonyl (C=O) groups is 1. The van der Waals surface area contributed by atoms with Crippen LogP contribution in [-0.4, -0.2) is 43.2 Å². The van der Waals surface area contributed by atoms with Gasteiger partial charge in [0.25, 0.3) is 0 Å². The highest BCUT2D eigenvalue weighted by Gasteiger charge is 2.16. The van der Waals surface area contributed by atoms with Crippen LogP contribution >= 0.6 is 23.4 Å². The summed E-state index contributed by atoms with van der Waals surface area (Å²) in [6.07, 6.45) is 0.532. The molecule has 0 bridgehead atoms. The van der Waals surface area contributed by atoms with E-state index in [-0.39, 0.29) is 5.91 Å². The van der Waals surface area contributed by atoms with Crippen molar-refractivity contribution in [3.63, 3.8) is 0 Å². The molecule has 6 heteroatoms. The number of rotatable bonds is 6. The number of carbonyl (C=O) groups excluding carboxylic acids is 1. The minimum absolute atomic E-state index is 0.0692. The molecule has 1 heterocycles. The Bertz CT molecular complexity index is 439. The van der Waals surface area contributed by atoms with E-state index in [1.54, 1.807) is 12.1 Å². The standard InChI is InChI=1S/C14H19ClN2O2S/c15-11-2-1-3-13(8-11)19-6-4-17-14(18)9-12-10-20-7-5-16-12/h1-3,8,12,16H,4-7,9-10H2,(H,17,18). The van der Waals surface area contributed by atoms with E-state index in [1.807, 2.05) is 23.9 Å². The lowest BCUT2D eigenvalue weighted by Crippen LogP contribution is -2.41. The molecule has 1 aromatic carbocycles. The van der Waals surface area contributed by atoms with Crippen LogP contribution in [0.1, 0.15) is 6.42 Å². The van der Waals surface area contributed by atoms with Crippen molar-refractivity contribution in [1.82, 2.24) is 10.6 Å². The van der Waals surface area contributed by atoms with Crippen LogP contribution in [0.2, 0.25) is 5.02 Å². The number of thioether (sulfide) groups is 1. The van der Waals surface area contributed by atoms with Gasteiger partial charge in [-0.2, -0.15) is 11.8 Å². The lowest BCUT2D eigenvalue weighted by molar-refractivity contribution is -0.121. The van der Waals surface area contributed by atoms with Gasteiger partial charge in [0.15, 0.2) is 0 Å². The van der Waals surface area contributed by atoms with Gasteiger partial charge in [-0.1, -0.05) is 17.7 Å². The average Bonchev–Trinajstić information content (AvgIpc) is 2.45. The van der Waals surface area contributed by atoms with E-state index in [1.165, 1.54) is 0 Å². The Morgan fingerprint density at radius 3 is 3.20 bits per heavy atom. The highest BCUT2D eigenvalue weighted by Crippen LogP contribution is 2.16. The Kier molecular flexibility index (Phi) is 6.50. The SMILES string of the molecule is O=C(CC1CSCCN1)NCCOc1cccc(Cl)c1. The van der Waals surface area contributed by atoms with Crippen molar-refractivity contribution < 1.29 is 9.53 Å². The number of nitrogens with one attached hydrogen (secondary N) is 2. The van der Waals surface area contributed by atoms with Gasteiger partial charge < -0.3 is 15.4 Å². The zero-order valence-electron chi connectivity index (χ0n) is 11.2. The summed E-state index contributed by atoms with van der Waals surface area (Å²) < 4.78 is 5.51. The van der Waals surface area contributed by atoms with Crippen LogP contribution in [0.25, 0.3) is 0 Å². The van der Waals surface area contributed by atoms with Gasteiger partial charge in [0.2, 0.25) is 5.91 Å². The largest absolute Gasteiger partial charge is 0.492 e. The predicted octanol–water partition coefficient (Wildman–Crippen LogP) is 1.93. The second-order valence-electron chi connectivity index (χ2n) is 4.59. The van der Waals surface area contributed by atoms with Gasteiger partial charge in [-0.05, 0) is 18.2 Å². The summed E-state index contributed by atoms with van der Waals surface area (Å²) in [4.78, 5) is 11.7. The summed E-state index contributed by atoms with van der Waals surface area (Å²) in [7, 11) is 0. The van der Waals surface area contributed by atoms with Gasteiger partial charge in [0, 0.05) is 35.5 Å². The van der Waals surface area contributed by atoms with Crippen LogP contribution in [0.5, 0.6) is 5.75 Å². The van der Waals surface area contributed by atoms with E-state index in [9.17, 15) is 4.79 Å². The molecule has 0 spiro atoms. The van der Waals surface area contributed by atoms with Crippen LogP contribution < -0.4 is 15.4 Å². The topological polar surface area (TPSA) is 50.4 Å². The lowest BCUT2D eigenvalue weighted by atomic mass is 10.2. The third-order valence-corrected chi connectivity index (χ3v) is 4.29. The van der Waals surface area contributed by atoms with Gasteiger partial charge in [0.1, 0.15) is 12.4 Å². The van der Waals surface area contributed by atoms with Crippen LogP contribution in [-0.2, 0) is 4.79 Å². The minimum Gasteiger partial charge on any atom is -0.492 e. The van der Waals surface area contributed by atoms with E-state index < -0.39 is 0 Å². The zero-order chi connectivity index (χ0) is 14.2. The molecule has 1 aliphatic rings. The molecule has 1 aliphatic heterocycles. The first-order chi connectivity index (χ1) is 9.74. The first-order valence-electron chi connectivity index (χ1n) is 6.70. The first-order valence-corrected chi connectivity index (χ1v) is 8.23. The fraction of sp³-hybridized carbons (Fsp3) is 0.500. The molecule has 0 aliphatic carbocycles. The quantitative estimate of drug-likeness (QED) is 0.788. The first kappa shape index (κ1) is 15.5. The summed E-state index contributed by atoms with van der Waals surface area (Å²) in [6.45, 7) is 1.94. The van der Waals surface area contributed by atoms with E-state index in [0.29, 0.717) is 30.6 Å². The molecule has 1 aromatic rings. The lowest BCUT2D eigenvalue weighted by Gasteiger charge is -2.22. The second kappa shape index (κ2) is 8.39. The number of halogens is 1. The number of benzene rings is 1. The number of hydrogen-bond donors (Lipinski definition) is 2. The Balaban J connectivity index is 1.59. The van der Waals surface area contributed by atoms with Crippen molar-refractivity contribution in [2.75, 3.05) is 31.2 Å². The van der Waals surface area contributed by atoms with Gasteiger partial charge >= 0.3 is 0 Å². The van der Waals surface area contributed by atoms with Crippen molar-refractivity contribution >= 4 is 29.3 Å². The van der Waals surface area contributed by atoms with E-state index in [4.69, 9.17) is 16.3 Å². The van der Waals surface area contributed by atoms with Crippen LogP contribution in [0.4, 0.5) is 0 Å². The summed E-state index contributed by atoms with van der Waals surface area (Å²) >= 11 is 7.75. The molecule has 1 fully saturated rings. The summed E-state index contributed by atoms with van der Waals surface area (Å²) in [5, 5.41) is 6.86. The van der Waals surface area contributed by atoms with E-state index in [0.717, 1.165) is 23.8 Å². The van der Waals surface area contributed by atoms with Crippen molar-refractivity contribution in [3.05, 3.63) is 29.3 Å². The van der Waals surface area contributed by atoms with Gasteiger partial charge in [0.05, 0.1) is 6.54 Å². The summed E-state index contributed by atoms with van der Waals surface area (Å²) in [6, 6.07) is 7.53. The third-order valence-electron chi connectivity index (χ3n) is 2.92. The third kappa shape index (κ3) is 5.61. The number of amides is 1. The smallest absolute Gasteiger partial charge is 0.221 e. The molecule has 1 saturated heterocycles. The molecule has 0 radical (unpaired) electrons. The molecule has 2 N–H and O–H groups in total. The molecular weight excluding hydrogens is 296 g/mol. The average molecular weight is 315 g/mol. The molecule has 1 unspecified atom stereocenters. The van der Waals surface area contributed by atoms with Crippen molar-refractivity contribution in [2.24, 2.45) is 0 Å². The van der Waals surface area contributed by atoms with Crippen molar-refractivity contribution in [3.8, 4) is 5.75 Å². The summed E-state index contributed by atoms with van der Waals surface area (Å²) in [5.74, 6) is 2.93. The van der Waals surface area contributed by atoms with E-state index >= 15 is 0 Å². The minimum atomic E-state index is 0.0692. The highest BCUT2D eigenvalue weighted by molar-refractivity contribution is 7.99. The second-order valence-corrected chi connectivity index (χ2v) is 6.17. The molecule has 110 valence electrons. The number of ether oxygens (including phenoxy) is 1. The molecule has 4 nitrogen and oxygen atoms in total. The highest BCUT2D eigenvalue weighted by atomic mass is 35.5. The molecule has 0 aromatic heterocycles. The Labute approximate surface area is 128 Å². The van der Waals surface area contributed by atoms with Gasteiger partial charge in [-0.25, -0.2) is 0 Å². The normalized spacial score (nSPS) is 18.6. The van der Waals surface area contributed by atoms with Crippen LogP contribution in [0.15, 0.2) is 24.3 Å². The monoisotopic (exact) mass is 314 g/mol. The van der Waals surface area contributed by atoms with Gasteiger partial charge in [-0.15, -0.1) is 0 Å². The molecule has 1 amide bonds. The predicted molar refractivity (Wildman–Crippen MR) is 83.7 cm³/mol. The molecular formula is C14H19ClN2O2S. The van der Waals surface area contributed by atoms with Crippen molar-refractivity contribution in [1.29, 1.82) is 0 Å². The maximum atomic E-state index is 11.7. The maximum absolute atomic E-state index is 11.7. The Morgan fingerprint density at radius 2 is 2.45 bits per heavy atom. The van der Waals surface area contributed by atoms with Crippen LogP contribution in [0.3, 0.4) is 0 Å². The maximum Gasteiger partial charge on any atom is 0.221 e. The fourth-order valence-electron chi connectivity index (χ4n) is 1.96. The molecule has 0 saturated carbocycles. The molecule has 1 atom stereocenters. The molecule has 20 heavy (non-hydrogen) atoms. The number of hydrogen-bond acceptors (Lipinski definition) is 4. The Hall–Kier alpha value is -0.910. The zero-order valence-corrected chi connectivity index (χ0v) is 12.8. The van der Waals surface area contributed by atoms with Gasteiger partial charge in [-0.3, -0.25) is 4.79 Å².